The van der Waals surface area contributed by atoms with Crippen LogP contribution in [-0.4, -0.2) is 34.6 Å². The molecule has 1 heterocycles. The van der Waals surface area contributed by atoms with Gasteiger partial charge in [0.05, 0.1) is 22.2 Å². The van der Waals surface area contributed by atoms with Gasteiger partial charge < -0.3 is 19.4 Å². The number of imidazole rings is 1. The van der Waals surface area contributed by atoms with Crippen LogP contribution in [-0.2, 0) is 16.6 Å². The number of benzene rings is 2. The minimum absolute atomic E-state index is 0.104. The maximum Gasteiger partial charge on any atom is 0.338 e. The van der Waals surface area contributed by atoms with E-state index in [0.717, 1.165) is 5.56 Å². The van der Waals surface area contributed by atoms with E-state index in [1.807, 2.05) is 41.9 Å². The van der Waals surface area contributed by atoms with Crippen molar-refractivity contribution < 1.29 is 19.1 Å². The fraction of sp³-hybridized carbons (Fsp3) is 0.227. The van der Waals surface area contributed by atoms with Crippen molar-refractivity contribution in [1.29, 1.82) is 0 Å². The van der Waals surface area contributed by atoms with E-state index in [1.54, 1.807) is 19.3 Å². The molecule has 0 aliphatic rings. The number of hydrogen-bond acceptors (Lipinski definition) is 5. The second-order valence-electron chi connectivity index (χ2n) is 6.59. The predicted octanol–water partition coefficient (Wildman–Crippen LogP) is 4.19. The van der Waals surface area contributed by atoms with Crippen molar-refractivity contribution in [2.75, 3.05) is 13.2 Å². The minimum Gasteiger partial charge on any atom is -0.481 e. The molecule has 0 radical (unpaired) electrons. The van der Waals surface area contributed by atoms with E-state index in [9.17, 15) is 9.59 Å². The van der Waals surface area contributed by atoms with Crippen LogP contribution < -0.4 is 10.1 Å². The van der Waals surface area contributed by atoms with Crippen LogP contribution in [0.3, 0.4) is 0 Å². The van der Waals surface area contributed by atoms with E-state index in [2.05, 4.69) is 10.3 Å². The quantitative estimate of drug-likeness (QED) is 0.508. The topological polar surface area (TPSA) is 82.4 Å². The van der Waals surface area contributed by atoms with Crippen molar-refractivity contribution in [3.05, 3.63) is 81.9 Å². The van der Waals surface area contributed by atoms with Gasteiger partial charge in [0.1, 0.15) is 11.9 Å². The first-order valence-corrected chi connectivity index (χ1v) is 10.3. The summed E-state index contributed by atoms with van der Waals surface area (Å²) in [6.07, 6.45) is 3.47. The van der Waals surface area contributed by atoms with Gasteiger partial charge in [0.2, 0.25) is 0 Å². The summed E-state index contributed by atoms with van der Waals surface area (Å²) >= 11 is 12.4. The van der Waals surface area contributed by atoms with Crippen molar-refractivity contribution in [3.63, 3.8) is 0 Å². The third kappa shape index (κ3) is 5.57. The summed E-state index contributed by atoms with van der Waals surface area (Å²) in [4.78, 5) is 28.9. The van der Waals surface area contributed by atoms with Crippen molar-refractivity contribution in [3.8, 4) is 5.75 Å². The van der Waals surface area contributed by atoms with Gasteiger partial charge in [-0.2, -0.15) is 0 Å². The fourth-order valence-corrected chi connectivity index (χ4v) is 3.56. The van der Waals surface area contributed by atoms with Crippen molar-refractivity contribution in [2.45, 2.75) is 13.0 Å². The second kappa shape index (κ2) is 10.3. The van der Waals surface area contributed by atoms with Crippen molar-refractivity contribution in [2.24, 2.45) is 7.05 Å². The van der Waals surface area contributed by atoms with Crippen LogP contribution in [0.1, 0.15) is 34.7 Å². The molecular weight excluding hydrogens is 441 g/mol. The van der Waals surface area contributed by atoms with Crippen LogP contribution >= 0.6 is 23.2 Å². The Balaban J connectivity index is 1.73. The summed E-state index contributed by atoms with van der Waals surface area (Å²) in [6, 6.07) is 11.8. The van der Waals surface area contributed by atoms with Crippen molar-refractivity contribution in [1.82, 2.24) is 14.9 Å². The molecule has 1 amide bonds. The maximum absolute atomic E-state index is 12.7. The Morgan fingerprint density at radius 1 is 1.16 bits per heavy atom. The zero-order chi connectivity index (χ0) is 22.4. The van der Waals surface area contributed by atoms with Gasteiger partial charge in [0, 0.05) is 19.4 Å². The molecular formula is C22H21Cl2N3O4. The lowest BCUT2D eigenvalue weighted by Gasteiger charge is -2.19. The molecule has 1 aromatic heterocycles. The summed E-state index contributed by atoms with van der Waals surface area (Å²) in [5, 5.41) is 3.13. The molecule has 7 nitrogen and oxygen atoms in total. The average molecular weight is 462 g/mol. The highest BCUT2D eigenvalue weighted by molar-refractivity contribution is 6.37. The highest BCUT2D eigenvalue weighted by Gasteiger charge is 2.22. The van der Waals surface area contributed by atoms with Gasteiger partial charge in [0.25, 0.3) is 5.91 Å². The Morgan fingerprint density at radius 3 is 2.42 bits per heavy atom. The van der Waals surface area contributed by atoms with Gasteiger partial charge in [-0.05, 0) is 24.6 Å². The summed E-state index contributed by atoms with van der Waals surface area (Å²) in [7, 11) is 1.85. The molecule has 3 rings (SSSR count). The first kappa shape index (κ1) is 22.7. The molecule has 9 heteroatoms. The van der Waals surface area contributed by atoms with Crippen LogP contribution in [0.2, 0.25) is 10.0 Å². The third-order valence-corrected chi connectivity index (χ3v) is 4.97. The first-order valence-electron chi connectivity index (χ1n) is 9.51. The molecule has 1 N–H and O–H groups in total. The van der Waals surface area contributed by atoms with Gasteiger partial charge in [-0.15, -0.1) is 0 Å². The minimum atomic E-state index is -0.545. The lowest BCUT2D eigenvalue weighted by atomic mass is 10.1. The third-order valence-electron chi connectivity index (χ3n) is 4.41. The number of halogens is 2. The number of nitrogens with zero attached hydrogens (tertiary/aromatic N) is 2. The number of aryl methyl sites for hydroxylation is 1. The molecule has 31 heavy (non-hydrogen) atoms. The van der Waals surface area contributed by atoms with Gasteiger partial charge >= 0.3 is 5.97 Å². The molecule has 3 aromatic rings. The molecule has 0 saturated heterocycles. The molecule has 162 valence electrons. The lowest BCUT2D eigenvalue weighted by molar-refractivity contribution is -0.123. The maximum atomic E-state index is 12.7. The smallest absolute Gasteiger partial charge is 0.338 e. The monoisotopic (exact) mass is 461 g/mol. The predicted molar refractivity (Wildman–Crippen MR) is 118 cm³/mol. The highest BCUT2D eigenvalue weighted by atomic mass is 35.5. The van der Waals surface area contributed by atoms with Gasteiger partial charge in [-0.1, -0.05) is 53.5 Å². The first-order chi connectivity index (χ1) is 14.9. The van der Waals surface area contributed by atoms with Crippen LogP contribution in [0.5, 0.6) is 5.75 Å². The van der Waals surface area contributed by atoms with E-state index < -0.39 is 17.9 Å². The molecule has 0 saturated carbocycles. The molecule has 0 spiro atoms. The molecule has 0 aliphatic heterocycles. The number of esters is 1. The Labute approximate surface area is 189 Å². The number of nitrogens with one attached hydrogen (secondary N) is 1. The zero-order valence-corrected chi connectivity index (χ0v) is 18.5. The highest BCUT2D eigenvalue weighted by Crippen LogP contribution is 2.34. The Hall–Kier alpha value is -3.03. The van der Waals surface area contributed by atoms with E-state index in [4.69, 9.17) is 32.7 Å². The SMILES string of the molecule is CCOC(=O)c1cc(Cl)c(OCC(=O)NC(c2ccccc2)c2nccn2C)c(Cl)c1. The summed E-state index contributed by atoms with van der Waals surface area (Å²) < 4.78 is 12.3. The normalized spacial score (nSPS) is 11.6. The van der Waals surface area contributed by atoms with E-state index in [1.165, 1.54) is 12.1 Å². The lowest BCUT2D eigenvalue weighted by Crippen LogP contribution is -2.34. The molecule has 2 aromatic carbocycles. The fourth-order valence-electron chi connectivity index (χ4n) is 2.97. The van der Waals surface area contributed by atoms with E-state index in [0.29, 0.717) is 5.82 Å². The van der Waals surface area contributed by atoms with Crippen molar-refractivity contribution >= 4 is 35.1 Å². The number of rotatable bonds is 8. The summed E-state index contributed by atoms with van der Waals surface area (Å²) in [5.41, 5.74) is 1.08. The largest absolute Gasteiger partial charge is 0.481 e. The van der Waals surface area contributed by atoms with Gasteiger partial charge in [-0.3, -0.25) is 4.79 Å². The van der Waals surface area contributed by atoms with Gasteiger partial charge in [0.15, 0.2) is 12.4 Å². The molecule has 1 unspecified atom stereocenters. The number of carbonyl (C=O) groups excluding carboxylic acids is 2. The van der Waals surface area contributed by atoms with E-state index in [-0.39, 0.29) is 34.6 Å². The van der Waals surface area contributed by atoms with Crippen LogP contribution in [0, 0.1) is 0 Å². The Bertz CT molecular complexity index is 1050. The number of amides is 1. The van der Waals surface area contributed by atoms with E-state index >= 15 is 0 Å². The Morgan fingerprint density at radius 2 is 1.84 bits per heavy atom. The zero-order valence-electron chi connectivity index (χ0n) is 17.0. The molecule has 0 bridgehead atoms. The summed E-state index contributed by atoms with van der Waals surface area (Å²) in [6.45, 7) is 1.60. The van der Waals surface area contributed by atoms with Crippen LogP contribution in [0.25, 0.3) is 0 Å². The molecule has 0 aliphatic carbocycles. The van der Waals surface area contributed by atoms with Gasteiger partial charge in [-0.25, -0.2) is 9.78 Å². The number of carbonyl (C=O) groups is 2. The van der Waals surface area contributed by atoms with Crippen LogP contribution in [0.15, 0.2) is 54.9 Å². The number of aromatic nitrogens is 2. The standard InChI is InChI=1S/C22H21Cl2N3O4/c1-3-30-22(29)15-11-16(23)20(17(24)12-15)31-13-18(28)26-19(14-7-5-4-6-8-14)21-25-9-10-27(21)2/h4-12,19H,3,13H2,1-2H3,(H,26,28). The molecule has 1 atom stereocenters. The number of hydrogen-bond donors (Lipinski definition) is 1. The average Bonchev–Trinajstić information content (AvgIpc) is 3.17. The second-order valence-corrected chi connectivity index (χ2v) is 7.40. The van der Waals surface area contributed by atoms with Crippen LogP contribution in [0.4, 0.5) is 0 Å². The summed E-state index contributed by atoms with van der Waals surface area (Å²) in [5.74, 6) is -0.149. The number of ether oxygens (including phenoxy) is 2. The Kier molecular flexibility index (Phi) is 7.55. The molecule has 0 fully saturated rings.